The van der Waals surface area contributed by atoms with E-state index < -0.39 is 0 Å². The van der Waals surface area contributed by atoms with Gasteiger partial charge in [0.05, 0.1) is 17.6 Å². The van der Waals surface area contributed by atoms with Crippen molar-refractivity contribution in [3.8, 4) is 0 Å². The number of rotatable bonds is 4. The van der Waals surface area contributed by atoms with Gasteiger partial charge in [0, 0.05) is 6.54 Å². The number of furan rings is 1. The molecular formula is C15H14N2O3. The molecule has 0 bridgehead atoms. The molecule has 0 saturated heterocycles. The van der Waals surface area contributed by atoms with Crippen molar-refractivity contribution >= 4 is 17.3 Å². The van der Waals surface area contributed by atoms with Gasteiger partial charge in [0.1, 0.15) is 5.76 Å². The first-order valence-electron chi connectivity index (χ1n) is 6.46. The lowest BCUT2D eigenvalue weighted by Crippen LogP contribution is -2.24. The highest BCUT2D eigenvalue weighted by atomic mass is 16.3. The van der Waals surface area contributed by atoms with Crippen LogP contribution in [-0.4, -0.2) is 15.4 Å². The van der Waals surface area contributed by atoms with Gasteiger partial charge in [0.25, 0.3) is 0 Å². The molecule has 5 nitrogen and oxygen atoms in total. The zero-order valence-corrected chi connectivity index (χ0v) is 11.1. The maximum Gasteiger partial charge on any atom is 0.329 e. The fourth-order valence-corrected chi connectivity index (χ4v) is 2.43. The number of fused-ring (bicyclic) bond motifs is 1. The number of imidazole rings is 1. The molecule has 3 aromatic rings. The van der Waals surface area contributed by atoms with Crippen LogP contribution in [0.1, 0.15) is 23.2 Å². The molecule has 0 radical (unpaired) electrons. The summed E-state index contributed by atoms with van der Waals surface area (Å²) in [6, 6.07) is 11.0. The number of nitrogens with zero attached hydrogens (tertiary/aromatic N) is 2. The lowest BCUT2D eigenvalue weighted by atomic mass is 10.3. The minimum Gasteiger partial charge on any atom is -0.456 e. The Hall–Kier alpha value is -2.56. The van der Waals surface area contributed by atoms with E-state index in [0.29, 0.717) is 25.1 Å². The summed E-state index contributed by atoms with van der Waals surface area (Å²) in [5.41, 5.74) is 1.70. The van der Waals surface area contributed by atoms with Crippen molar-refractivity contribution in [3.05, 3.63) is 58.4 Å². The number of aldehydes is 1. The van der Waals surface area contributed by atoms with Crippen LogP contribution in [-0.2, 0) is 13.1 Å². The molecule has 0 spiro atoms. The molecule has 5 heteroatoms. The minimum atomic E-state index is -0.0715. The average molecular weight is 270 g/mol. The lowest BCUT2D eigenvalue weighted by molar-refractivity contribution is 0.109. The predicted molar refractivity (Wildman–Crippen MR) is 75.1 cm³/mol. The molecule has 0 fully saturated rings. The maximum atomic E-state index is 12.4. The second-order valence-electron chi connectivity index (χ2n) is 4.52. The van der Waals surface area contributed by atoms with E-state index >= 15 is 0 Å². The molecule has 0 N–H and O–H groups in total. The second kappa shape index (κ2) is 4.85. The van der Waals surface area contributed by atoms with E-state index in [4.69, 9.17) is 4.42 Å². The summed E-state index contributed by atoms with van der Waals surface area (Å²) in [4.78, 5) is 23.1. The van der Waals surface area contributed by atoms with Gasteiger partial charge in [-0.1, -0.05) is 12.1 Å². The summed E-state index contributed by atoms with van der Waals surface area (Å²) in [5, 5.41) is 0. The Morgan fingerprint density at radius 3 is 2.40 bits per heavy atom. The third-order valence-electron chi connectivity index (χ3n) is 3.35. The Morgan fingerprint density at radius 2 is 1.80 bits per heavy atom. The van der Waals surface area contributed by atoms with Gasteiger partial charge in [-0.3, -0.25) is 13.9 Å². The van der Waals surface area contributed by atoms with Gasteiger partial charge in [0.15, 0.2) is 12.0 Å². The average Bonchev–Trinajstić information content (AvgIpc) is 3.03. The van der Waals surface area contributed by atoms with Crippen molar-refractivity contribution in [3.63, 3.8) is 0 Å². The summed E-state index contributed by atoms with van der Waals surface area (Å²) in [6.45, 7) is 2.87. The van der Waals surface area contributed by atoms with E-state index in [2.05, 4.69) is 0 Å². The zero-order chi connectivity index (χ0) is 14.1. The number of para-hydroxylation sites is 2. The number of hydrogen-bond acceptors (Lipinski definition) is 3. The van der Waals surface area contributed by atoms with Gasteiger partial charge in [-0.05, 0) is 31.2 Å². The first-order chi connectivity index (χ1) is 9.74. The molecular weight excluding hydrogens is 256 g/mol. The summed E-state index contributed by atoms with van der Waals surface area (Å²) in [7, 11) is 0. The van der Waals surface area contributed by atoms with Crippen molar-refractivity contribution in [1.29, 1.82) is 0 Å². The zero-order valence-electron chi connectivity index (χ0n) is 11.1. The van der Waals surface area contributed by atoms with Crippen LogP contribution < -0.4 is 5.69 Å². The van der Waals surface area contributed by atoms with Gasteiger partial charge in [0.2, 0.25) is 0 Å². The summed E-state index contributed by atoms with van der Waals surface area (Å²) >= 11 is 0. The molecule has 1 aromatic carbocycles. The Bertz CT molecular complexity index is 823. The second-order valence-corrected chi connectivity index (χ2v) is 4.52. The van der Waals surface area contributed by atoms with Crippen LogP contribution in [0.3, 0.4) is 0 Å². The Morgan fingerprint density at radius 1 is 1.10 bits per heavy atom. The molecule has 0 aliphatic heterocycles. The van der Waals surface area contributed by atoms with Gasteiger partial charge in [-0.2, -0.15) is 0 Å². The first kappa shape index (κ1) is 12.5. The van der Waals surface area contributed by atoms with Crippen molar-refractivity contribution in [2.75, 3.05) is 0 Å². The largest absolute Gasteiger partial charge is 0.456 e. The van der Waals surface area contributed by atoms with E-state index in [0.717, 1.165) is 11.0 Å². The third-order valence-corrected chi connectivity index (χ3v) is 3.35. The van der Waals surface area contributed by atoms with E-state index in [1.54, 1.807) is 21.3 Å². The number of aryl methyl sites for hydroxylation is 1. The SMILES string of the molecule is CCn1c(=O)n(Cc2ccc(C=O)o2)c2ccccc21. The molecule has 102 valence electrons. The van der Waals surface area contributed by atoms with Crippen molar-refractivity contribution in [2.24, 2.45) is 0 Å². The molecule has 0 atom stereocenters. The summed E-state index contributed by atoms with van der Waals surface area (Å²) < 4.78 is 8.73. The smallest absolute Gasteiger partial charge is 0.329 e. The molecule has 20 heavy (non-hydrogen) atoms. The van der Waals surface area contributed by atoms with Crippen LogP contribution in [0.2, 0.25) is 0 Å². The molecule has 0 aliphatic rings. The quantitative estimate of drug-likeness (QED) is 0.683. The maximum absolute atomic E-state index is 12.4. The van der Waals surface area contributed by atoms with Crippen LogP contribution in [0.15, 0.2) is 45.6 Å². The van der Waals surface area contributed by atoms with Gasteiger partial charge in [-0.25, -0.2) is 4.79 Å². The summed E-state index contributed by atoms with van der Waals surface area (Å²) in [5.74, 6) is 0.862. The number of benzene rings is 1. The molecule has 0 unspecified atom stereocenters. The highest BCUT2D eigenvalue weighted by Gasteiger charge is 2.13. The summed E-state index contributed by atoms with van der Waals surface area (Å²) in [6.07, 6.45) is 0.654. The molecule has 2 heterocycles. The molecule has 0 saturated carbocycles. The molecule has 2 aromatic heterocycles. The van der Waals surface area contributed by atoms with E-state index in [9.17, 15) is 9.59 Å². The highest BCUT2D eigenvalue weighted by Crippen LogP contribution is 2.15. The fraction of sp³-hybridized carbons (Fsp3) is 0.200. The topological polar surface area (TPSA) is 57.1 Å². The Labute approximate surface area is 115 Å². The standard InChI is InChI=1S/C15H14N2O3/c1-2-16-13-5-3-4-6-14(13)17(15(16)19)9-11-7-8-12(10-18)20-11/h3-8,10H,2,9H2,1H3. The predicted octanol–water partition coefficient (Wildman–Crippen LogP) is 2.28. The highest BCUT2D eigenvalue weighted by molar-refractivity contribution is 5.76. The lowest BCUT2D eigenvalue weighted by Gasteiger charge is -1.99. The van der Waals surface area contributed by atoms with E-state index in [1.807, 2.05) is 31.2 Å². The third kappa shape index (κ3) is 1.87. The van der Waals surface area contributed by atoms with Crippen LogP contribution in [0.5, 0.6) is 0 Å². The van der Waals surface area contributed by atoms with Crippen LogP contribution in [0, 0.1) is 0 Å². The van der Waals surface area contributed by atoms with E-state index in [1.165, 1.54) is 0 Å². The van der Waals surface area contributed by atoms with Crippen molar-refractivity contribution in [1.82, 2.24) is 9.13 Å². The molecule has 3 rings (SSSR count). The minimum absolute atomic E-state index is 0.0715. The monoisotopic (exact) mass is 270 g/mol. The number of carbonyl (C=O) groups excluding carboxylic acids is 1. The van der Waals surface area contributed by atoms with Crippen LogP contribution in [0.4, 0.5) is 0 Å². The Balaban J connectivity index is 2.13. The van der Waals surface area contributed by atoms with Gasteiger partial charge < -0.3 is 4.42 Å². The molecule has 0 amide bonds. The fourth-order valence-electron chi connectivity index (χ4n) is 2.43. The van der Waals surface area contributed by atoms with Gasteiger partial charge in [-0.15, -0.1) is 0 Å². The first-order valence-corrected chi connectivity index (χ1v) is 6.46. The number of carbonyl (C=O) groups is 1. The Kier molecular flexibility index (Phi) is 3.02. The van der Waals surface area contributed by atoms with Gasteiger partial charge >= 0.3 is 5.69 Å². The molecule has 0 aliphatic carbocycles. The van der Waals surface area contributed by atoms with Crippen molar-refractivity contribution < 1.29 is 9.21 Å². The van der Waals surface area contributed by atoms with Crippen LogP contribution in [0.25, 0.3) is 11.0 Å². The van der Waals surface area contributed by atoms with Crippen LogP contribution >= 0.6 is 0 Å². The normalized spacial score (nSPS) is 11.1. The number of hydrogen-bond donors (Lipinski definition) is 0. The van der Waals surface area contributed by atoms with E-state index in [-0.39, 0.29) is 11.4 Å². The number of aromatic nitrogens is 2. The van der Waals surface area contributed by atoms with Crippen molar-refractivity contribution in [2.45, 2.75) is 20.0 Å².